The molecule has 2 fully saturated rings. The van der Waals surface area contributed by atoms with E-state index in [-0.39, 0.29) is 0 Å². The largest absolute Gasteiger partial charge is 0.295 e. The summed E-state index contributed by atoms with van der Waals surface area (Å²) in [7, 11) is 0. The smallest absolute Gasteiger partial charge is 0.224 e. The quantitative estimate of drug-likeness (QED) is 0.361. The Morgan fingerprint density at radius 1 is 0.667 bits per heavy atom. The number of imidazole rings is 1. The standard InChI is InChI=1S/C31H41N2/c1-22-14-11-12-21-28(22)32-25(4)30(26-17-7-5-8-18-26)33(27-19-9-6-10-20-27)31(32)29-23(2)15-13-16-24(29)3/h11-16,21,26-27H,5-10,17-20H2,1-4H3/q+1. The zero-order chi connectivity index (χ0) is 22.9. The van der Waals surface area contributed by atoms with Gasteiger partial charge in [0, 0.05) is 12.8 Å². The number of hydrogen-bond donors (Lipinski definition) is 0. The fraction of sp³-hybridized carbons (Fsp3) is 0.516. The molecule has 5 rings (SSSR count). The van der Waals surface area contributed by atoms with Crippen LogP contribution in [0.2, 0.25) is 0 Å². The molecule has 0 saturated heterocycles. The minimum absolute atomic E-state index is 0.619. The van der Waals surface area contributed by atoms with Crippen molar-refractivity contribution >= 4 is 0 Å². The molecule has 3 aromatic rings. The molecule has 0 spiro atoms. The van der Waals surface area contributed by atoms with E-state index in [0.29, 0.717) is 12.0 Å². The van der Waals surface area contributed by atoms with Crippen molar-refractivity contribution in [3.05, 3.63) is 70.5 Å². The molecule has 2 aliphatic carbocycles. The van der Waals surface area contributed by atoms with E-state index in [0.717, 1.165) is 0 Å². The second-order valence-corrected chi connectivity index (χ2v) is 10.7. The van der Waals surface area contributed by atoms with Gasteiger partial charge in [-0.15, -0.1) is 0 Å². The van der Waals surface area contributed by atoms with Crippen LogP contribution in [0.1, 0.15) is 104 Å². The van der Waals surface area contributed by atoms with Crippen LogP contribution < -0.4 is 4.57 Å². The van der Waals surface area contributed by atoms with Crippen LogP contribution >= 0.6 is 0 Å². The molecule has 174 valence electrons. The molecule has 0 atom stereocenters. The molecular weight excluding hydrogens is 400 g/mol. The molecule has 0 unspecified atom stereocenters. The fourth-order valence-electron chi connectivity index (χ4n) is 6.76. The van der Waals surface area contributed by atoms with Gasteiger partial charge in [0.1, 0.15) is 23.1 Å². The number of nitrogens with zero attached hydrogens (tertiary/aromatic N) is 2. The molecule has 2 aliphatic rings. The van der Waals surface area contributed by atoms with Crippen molar-refractivity contribution in [1.82, 2.24) is 4.57 Å². The maximum Gasteiger partial charge on any atom is 0.295 e. The molecule has 0 amide bonds. The van der Waals surface area contributed by atoms with Gasteiger partial charge in [0.25, 0.3) is 5.82 Å². The molecule has 1 heterocycles. The predicted molar refractivity (Wildman–Crippen MR) is 138 cm³/mol. The van der Waals surface area contributed by atoms with Gasteiger partial charge in [-0.05, 0) is 82.1 Å². The summed E-state index contributed by atoms with van der Waals surface area (Å²) in [6, 6.07) is 16.4. The Bertz CT molecular complexity index is 1100. The van der Waals surface area contributed by atoms with E-state index in [1.165, 1.54) is 104 Å². The van der Waals surface area contributed by atoms with Gasteiger partial charge in [-0.3, -0.25) is 0 Å². The highest BCUT2D eigenvalue weighted by Gasteiger charge is 2.40. The second-order valence-electron chi connectivity index (χ2n) is 10.7. The number of aryl methyl sites for hydroxylation is 3. The Kier molecular flexibility index (Phi) is 6.45. The monoisotopic (exact) mass is 441 g/mol. The Hall–Kier alpha value is -2.35. The molecule has 0 bridgehead atoms. The normalized spacial score (nSPS) is 18.1. The molecule has 0 N–H and O–H groups in total. The lowest BCUT2D eigenvalue weighted by atomic mass is 9.85. The van der Waals surface area contributed by atoms with Gasteiger partial charge in [-0.2, -0.15) is 4.57 Å². The van der Waals surface area contributed by atoms with E-state index in [1.807, 2.05) is 0 Å². The van der Waals surface area contributed by atoms with Crippen molar-refractivity contribution < 1.29 is 4.57 Å². The summed E-state index contributed by atoms with van der Waals surface area (Å²) in [6.07, 6.45) is 13.6. The molecule has 0 aliphatic heterocycles. The maximum absolute atomic E-state index is 2.87. The first-order valence-corrected chi connectivity index (χ1v) is 13.4. The molecule has 2 saturated carbocycles. The van der Waals surface area contributed by atoms with E-state index >= 15 is 0 Å². The first-order valence-electron chi connectivity index (χ1n) is 13.4. The van der Waals surface area contributed by atoms with E-state index in [2.05, 4.69) is 79.3 Å². The molecule has 2 heteroatoms. The summed E-state index contributed by atoms with van der Waals surface area (Å²) in [5.41, 5.74) is 10.0. The first-order chi connectivity index (χ1) is 16.1. The third-order valence-corrected chi connectivity index (χ3v) is 8.40. The number of para-hydroxylation sites is 1. The average molecular weight is 442 g/mol. The summed E-state index contributed by atoms with van der Waals surface area (Å²) in [5.74, 6) is 2.12. The lowest BCUT2D eigenvalue weighted by molar-refractivity contribution is -0.722. The predicted octanol–water partition coefficient (Wildman–Crippen LogP) is 8.22. The van der Waals surface area contributed by atoms with Crippen molar-refractivity contribution in [2.75, 3.05) is 0 Å². The van der Waals surface area contributed by atoms with Crippen LogP contribution in [0.5, 0.6) is 0 Å². The highest BCUT2D eigenvalue weighted by Crippen LogP contribution is 2.40. The van der Waals surface area contributed by atoms with Gasteiger partial charge in [0.05, 0.1) is 5.56 Å². The zero-order valence-corrected chi connectivity index (χ0v) is 21.2. The number of hydrogen-bond acceptors (Lipinski definition) is 0. The molecule has 2 aromatic carbocycles. The third kappa shape index (κ3) is 4.07. The van der Waals surface area contributed by atoms with Gasteiger partial charge >= 0.3 is 0 Å². The van der Waals surface area contributed by atoms with Crippen molar-refractivity contribution in [2.24, 2.45) is 0 Å². The van der Waals surface area contributed by atoms with Crippen LogP contribution in [-0.2, 0) is 0 Å². The Balaban J connectivity index is 1.87. The van der Waals surface area contributed by atoms with Crippen LogP contribution in [0.4, 0.5) is 0 Å². The van der Waals surface area contributed by atoms with Crippen LogP contribution in [0.15, 0.2) is 42.5 Å². The minimum Gasteiger partial charge on any atom is -0.224 e. The number of benzene rings is 2. The van der Waals surface area contributed by atoms with Gasteiger partial charge in [-0.25, -0.2) is 4.57 Å². The van der Waals surface area contributed by atoms with E-state index in [9.17, 15) is 0 Å². The molecular formula is C31H41N2+. The number of aromatic nitrogens is 2. The molecule has 2 nitrogen and oxygen atoms in total. The molecule has 1 aromatic heterocycles. The van der Waals surface area contributed by atoms with Crippen molar-refractivity contribution in [3.63, 3.8) is 0 Å². The zero-order valence-electron chi connectivity index (χ0n) is 21.2. The maximum atomic E-state index is 2.87. The second kappa shape index (κ2) is 9.49. The Morgan fingerprint density at radius 2 is 1.24 bits per heavy atom. The van der Waals surface area contributed by atoms with Crippen LogP contribution in [0.3, 0.4) is 0 Å². The summed E-state index contributed by atoms with van der Waals surface area (Å²) in [6.45, 7) is 9.29. The topological polar surface area (TPSA) is 8.81 Å². The van der Waals surface area contributed by atoms with Crippen LogP contribution in [0.25, 0.3) is 17.1 Å². The number of rotatable bonds is 4. The average Bonchev–Trinajstić information content (AvgIpc) is 3.13. The minimum atomic E-state index is 0.619. The van der Waals surface area contributed by atoms with E-state index in [1.54, 1.807) is 5.69 Å². The van der Waals surface area contributed by atoms with Gasteiger partial charge < -0.3 is 0 Å². The highest BCUT2D eigenvalue weighted by atomic mass is 15.2. The lowest BCUT2D eigenvalue weighted by Gasteiger charge is -2.26. The van der Waals surface area contributed by atoms with Crippen molar-refractivity contribution in [3.8, 4) is 17.1 Å². The SMILES string of the molecule is Cc1ccccc1-n1c(C)c(C2CCCCC2)[n+](C2CCCCC2)c1-c1c(C)cccc1C. The van der Waals surface area contributed by atoms with E-state index in [4.69, 9.17) is 0 Å². The van der Waals surface area contributed by atoms with Gasteiger partial charge in [-0.1, -0.05) is 62.1 Å². The van der Waals surface area contributed by atoms with Crippen molar-refractivity contribution in [1.29, 1.82) is 0 Å². The fourth-order valence-corrected chi connectivity index (χ4v) is 6.76. The molecule has 0 radical (unpaired) electrons. The lowest BCUT2D eigenvalue weighted by Crippen LogP contribution is -2.46. The highest BCUT2D eigenvalue weighted by molar-refractivity contribution is 5.66. The van der Waals surface area contributed by atoms with E-state index < -0.39 is 0 Å². The molecule has 33 heavy (non-hydrogen) atoms. The van der Waals surface area contributed by atoms with Crippen LogP contribution in [0, 0.1) is 27.7 Å². The van der Waals surface area contributed by atoms with Gasteiger partial charge in [0.2, 0.25) is 0 Å². The summed E-state index contributed by atoms with van der Waals surface area (Å²) < 4.78 is 5.51. The summed E-state index contributed by atoms with van der Waals surface area (Å²) >= 11 is 0. The van der Waals surface area contributed by atoms with Gasteiger partial charge in [0.15, 0.2) is 0 Å². The third-order valence-electron chi connectivity index (χ3n) is 8.40. The first kappa shape index (κ1) is 22.4. The summed E-state index contributed by atoms with van der Waals surface area (Å²) in [4.78, 5) is 0. The Morgan fingerprint density at radius 3 is 1.88 bits per heavy atom. The van der Waals surface area contributed by atoms with Crippen LogP contribution in [-0.4, -0.2) is 4.57 Å². The Labute approximate surface area is 200 Å². The van der Waals surface area contributed by atoms with Crippen molar-refractivity contribution in [2.45, 2.75) is 104 Å². The summed E-state index contributed by atoms with van der Waals surface area (Å²) in [5, 5.41) is 0.